The first-order valence-electron chi connectivity index (χ1n) is 5.91. The molecular formula is C14H14O2. The van der Waals surface area contributed by atoms with Crippen LogP contribution in [0.15, 0.2) is 30.3 Å². The van der Waals surface area contributed by atoms with Gasteiger partial charge in [0.05, 0.1) is 0 Å². The smallest absolute Gasteiger partial charge is 0.166 e. The summed E-state index contributed by atoms with van der Waals surface area (Å²) >= 11 is 0. The van der Waals surface area contributed by atoms with Gasteiger partial charge in [0.25, 0.3) is 0 Å². The molecule has 1 aromatic rings. The van der Waals surface area contributed by atoms with Crippen LogP contribution >= 0.6 is 0 Å². The first kappa shape index (κ1) is 9.76. The van der Waals surface area contributed by atoms with E-state index in [0.29, 0.717) is 18.1 Å². The lowest BCUT2D eigenvalue weighted by Crippen LogP contribution is -2.09. The van der Waals surface area contributed by atoms with Gasteiger partial charge in [-0.2, -0.15) is 0 Å². The molecule has 2 nitrogen and oxygen atoms in total. The Bertz CT molecular complexity index is 435. The average molecular weight is 214 g/mol. The second-order valence-corrected chi connectivity index (χ2v) is 4.80. The van der Waals surface area contributed by atoms with Crippen molar-refractivity contribution in [3.8, 4) is 0 Å². The van der Waals surface area contributed by atoms with E-state index < -0.39 is 0 Å². The molecule has 3 atom stereocenters. The minimum atomic E-state index is -0.00241. The van der Waals surface area contributed by atoms with Crippen LogP contribution in [0.1, 0.15) is 29.6 Å². The van der Waals surface area contributed by atoms with Crippen LogP contribution in [-0.4, -0.2) is 11.6 Å². The molecule has 2 saturated carbocycles. The molecule has 0 radical (unpaired) electrons. The molecule has 0 unspecified atom stereocenters. The average Bonchev–Trinajstić information content (AvgIpc) is 3.05. The van der Waals surface area contributed by atoms with Crippen LogP contribution in [0.25, 0.3) is 0 Å². The minimum Gasteiger partial charge on any atom is -0.299 e. The Hall–Kier alpha value is -1.44. The highest BCUT2D eigenvalue weighted by Crippen LogP contribution is 2.54. The van der Waals surface area contributed by atoms with E-state index in [4.69, 9.17) is 0 Å². The maximum absolute atomic E-state index is 12.2. The van der Waals surface area contributed by atoms with Gasteiger partial charge in [0.15, 0.2) is 5.78 Å². The summed E-state index contributed by atoms with van der Waals surface area (Å²) in [4.78, 5) is 23.8. The number of Topliss-reactive ketones (excluding diaryl/α,β-unsaturated/α-hetero) is 2. The van der Waals surface area contributed by atoms with Gasteiger partial charge < -0.3 is 0 Å². The summed E-state index contributed by atoms with van der Waals surface area (Å²) < 4.78 is 0. The summed E-state index contributed by atoms with van der Waals surface area (Å²) in [6, 6.07) is 9.35. The molecule has 0 N–H and O–H groups in total. The molecule has 2 fully saturated rings. The zero-order chi connectivity index (χ0) is 11.1. The third-order valence-corrected chi connectivity index (χ3v) is 3.86. The first-order valence-corrected chi connectivity index (χ1v) is 5.91. The summed E-state index contributed by atoms with van der Waals surface area (Å²) in [5.41, 5.74) is 0.759. The standard InChI is InChI=1S/C14H14O2/c15-11-8-4-7-10-12(11)13(10)14(16)9-5-2-1-3-6-9/h1-3,5-6,10,12-13H,4,7-8H2/t10-,12-,13+/m0/s1. The first-order chi connectivity index (χ1) is 7.79. The van der Waals surface area contributed by atoms with Crippen molar-refractivity contribution in [2.45, 2.75) is 19.3 Å². The van der Waals surface area contributed by atoms with E-state index >= 15 is 0 Å². The molecule has 0 aliphatic heterocycles. The molecule has 0 saturated heterocycles. The van der Waals surface area contributed by atoms with Gasteiger partial charge in [0.2, 0.25) is 0 Å². The fourth-order valence-electron chi connectivity index (χ4n) is 3.00. The highest BCUT2D eigenvalue weighted by Gasteiger charge is 2.58. The van der Waals surface area contributed by atoms with Crippen LogP contribution in [0.2, 0.25) is 0 Å². The second-order valence-electron chi connectivity index (χ2n) is 4.80. The Labute approximate surface area is 94.7 Å². The number of carbonyl (C=O) groups excluding carboxylic acids is 2. The number of hydrogen-bond acceptors (Lipinski definition) is 2. The van der Waals surface area contributed by atoms with Crippen molar-refractivity contribution in [3.63, 3.8) is 0 Å². The topological polar surface area (TPSA) is 34.1 Å². The molecule has 16 heavy (non-hydrogen) atoms. The Morgan fingerprint density at radius 2 is 1.94 bits per heavy atom. The van der Waals surface area contributed by atoms with Gasteiger partial charge in [-0.05, 0) is 18.8 Å². The van der Waals surface area contributed by atoms with Crippen LogP contribution < -0.4 is 0 Å². The zero-order valence-electron chi connectivity index (χ0n) is 9.06. The second kappa shape index (κ2) is 3.55. The Morgan fingerprint density at radius 1 is 1.19 bits per heavy atom. The third-order valence-electron chi connectivity index (χ3n) is 3.86. The number of ketones is 2. The molecule has 0 spiro atoms. The number of rotatable bonds is 2. The van der Waals surface area contributed by atoms with Gasteiger partial charge in [-0.15, -0.1) is 0 Å². The van der Waals surface area contributed by atoms with Crippen LogP contribution in [0.3, 0.4) is 0 Å². The van der Waals surface area contributed by atoms with Gasteiger partial charge in [-0.1, -0.05) is 30.3 Å². The lowest BCUT2D eigenvalue weighted by molar-refractivity contribution is -0.121. The monoisotopic (exact) mass is 214 g/mol. The SMILES string of the molecule is O=C1CCC[C@H]2[C@@H]1[C@@H]2C(=O)c1ccccc1. The third kappa shape index (κ3) is 1.41. The fourth-order valence-corrected chi connectivity index (χ4v) is 3.00. The maximum atomic E-state index is 12.2. The van der Waals surface area contributed by atoms with Crippen molar-refractivity contribution < 1.29 is 9.59 Å². The number of fused-ring (bicyclic) bond motifs is 1. The van der Waals surface area contributed by atoms with Crippen LogP contribution in [0, 0.1) is 17.8 Å². The quantitative estimate of drug-likeness (QED) is 0.709. The highest BCUT2D eigenvalue weighted by molar-refractivity contribution is 6.04. The zero-order valence-corrected chi connectivity index (χ0v) is 9.06. The summed E-state index contributed by atoms with van der Waals surface area (Å²) in [5, 5.41) is 0. The highest BCUT2D eigenvalue weighted by atomic mass is 16.1. The van der Waals surface area contributed by atoms with Crippen molar-refractivity contribution >= 4 is 11.6 Å². The minimum absolute atomic E-state index is 0.00241. The lowest BCUT2D eigenvalue weighted by atomic mass is 10.00. The molecule has 0 heterocycles. The lowest BCUT2D eigenvalue weighted by Gasteiger charge is -2.04. The molecule has 2 heteroatoms. The van der Waals surface area contributed by atoms with Crippen LogP contribution in [0.5, 0.6) is 0 Å². The molecule has 2 aliphatic carbocycles. The van der Waals surface area contributed by atoms with E-state index in [1.165, 1.54) is 0 Å². The van der Waals surface area contributed by atoms with E-state index in [0.717, 1.165) is 18.4 Å². The normalized spacial score (nSPS) is 32.0. The predicted molar refractivity (Wildman–Crippen MR) is 60.1 cm³/mol. The summed E-state index contributed by atoms with van der Waals surface area (Å²) in [6.45, 7) is 0. The Balaban J connectivity index is 1.81. The molecule has 0 bridgehead atoms. The Morgan fingerprint density at radius 3 is 2.62 bits per heavy atom. The van der Waals surface area contributed by atoms with Gasteiger partial charge in [0.1, 0.15) is 5.78 Å². The van der Waals surface area contributed by atoms with Crippen molar-refractivity contribution in [2.24, 2.45) is 17.8 Å². The summed E-state index contributed by atoms with van der Waals surface area (Å²) in [6.07, 6.45) is 2.71. The van der Waals surface area contributed by atoms with Gasteiger partial charge in [-0.3, -0.25) is 9.59 Å². The largest absolute Gasteiger partial charge is 0.299 e. The van der Waals surface area contributed by atoms with E-state index in [1.54, 1.807) is 0 Å². The van der Waals surface area contributed by atoms with Crippen molar-refractivity contribution in [1.82, 2.24) is 0 Å². The van der Waals surface area contributed by atoms with Gasteiger partial charge in [0, 0.05) is 23.8 Å². The van der Waals surface area contributed by atoms with Gasteiger partial charge in [-0.25, -0.2) is 0 Å². The molecule has 1 aromatic carbocycles. The van der Waals surface area contributed by atoms with E-state index in [1.807, 2.05) is 30.3 Å². The van der Waals surface area contributed by atoms with E-state index in [-0.39, 0.29) is 17.6 Å². The molecule has 2 aliphatic rings. The number of benzene rings is 1. The number of hydrogen-bond donors (Lipinski definition) is 0. The Kier molecular flexibility index (Phi) is 2.16. The summed E-state index contributed by atoms with van der Waals surface area (Å²) in [5.74, 6) is 0.893. The predicted octanol–water partition coefficient (Wildman–Crippen LogP) is 2.48. The summed E-state index contributed by atoms with van der Waals surface area (Å²) in [7, 11) is 0. The number of carbonyl (C=O) groups is 2. The maximum Gasteiger partial charge on any atom is 0.166 e. The van der Waals surface area contributed by atoms with Crippen LogP contribution in [0.4, 0.5) is 0 Å². The molecular weight excluding hydrogens is 200 g/mol. The molecule has 3 rings (SSSR count). The molecule has 0 aromatic heterocycles. The fraction of sp³-hybridized carbons (Fsp3) is 0.429. The van der Waals surface area contributed by atoms with Gasteiger partial charge >= 0.3 is 0 Å². The molecule has 82 valence electrons. The van der Waals surface area contributed by atoms with E-state index in [9.17, 15) is 9.59 Å². The van der Waals surface area contributed by atoms with E-state index in [2.05, 4.69) is 0 Å². The van der Waals surface area contributed by atoms with Crippen molar-refractivity contribution in [3.05, 3.63) is 35.9 Å². The van der Waals surface area contributed by atoms with Crippen LogP contribution in [-0.2, 0) is 4.79 Å². The molecule has 0 amide bonds. The van der Waals surface area contributed by atoms with Crippen molar-refractivity contribution in [1.29, 1.82) is 0 Å². The van der Waals surface area contributed by atoms with Crippen molar-refractivity contribution in [2.75, 3.05) is 0 Å².